The molecule has 1 aliphatic rings. The molecule has 2 rings (SSSR count). The van der Waals surface area contributed by atoms with Gasteiger partial charge in [0.2, 0.25) is 5.91 Å². The maximum atomic E-state index is 12.9. The minimum Gasteiger partial charge on any atom is -0.469 e. The number of hydrogen-bond donors (Lipinski definition) is 1. The number of hydrogen-bond acceptors (Lipinski definition) is 3. The molecule has 2 atom stereocenters. The number of esters is 1. The fourth-order valence-corrected chi connectivity index (χ4v) is 2.35. The quantitative estimate of drug-likeness (QED) is 0.847. The molecule has 1 amide bonds. The fraction of sp³-hybridized carbons (Fsp3) is 0.500. The van der Waals surface area contributed by atoms with E-state index in [4.69, 9.17) is 4.74 Å². The first-order chi connectivity index (χ1) is 9.85. The van der Waals surface area contributed by atoms with Crippen LogP contribution in [0.1, 0.15) is 31.7 Å². The van der Waals surface area contributed by atoms with E-state index in [1.165, 1.54) is 19.2 Å². The van der Waals surface area contributed by atoms with Crippen LogP contribution in [0, 0.1) is 17.2 Å². The van der Waals surface area contributed by atoms with E-state index in [9.17, 15) is 14.0 Å². The Morgan fingerprint density at radius 3 is 2.52 bits per heavy atom. The SMILES string of the molecule is COC(=O)C(C)(C)CNC(=O)[C@H]1C[C@@H]1c1ccc(F)cc1. The molecule has 1 saturated carbocycles. The van der Waals surface area contributed by atoms with Crippen molar-refractivity contribution in [1.82, 2.24) is 5.32 Å². The monoisotopic (exact) mass is 293 g/mol. The van der Waals surface area contributed by atoms with Crippen LogP contribution in [0.15, 0.2) is 24.3 Å². The lowest BCUT2D eigenvalue weighted by Gasteiger charge is -2.21. The molecule has 1 fully saturated rings. The number of halogens is 1. The van der Waals surface area contributed by atoms with E-state index >= 15 is 0 Å². The third-order valence-corrected chi connectivity index (χ3v) is 3.87. The highest BCUT2D eigenvalue weighted by atomic mass is 19.1. The predicted molar refractivity (Wildman–Crippen MR) is 76.1 cm³/mol. The van der Waals surface area contributed by atoms with E-state index in [-0.39, 0.29) is 36.1 Å². The van der Waals surface area contributed by atoms with Gasteiger partial charge in [0.05, 0.1) is 12.5 Å². The highest BCUT2D eigenvalue weighted by Gasteiger charge is 2.44. The summed E-state index contributed by atoms with van der Waals surface area (Å²) in [6.45, 7) is 3.69. The number of carbonyl (C=O) groups excluding carboxylic acids is 2. The molecule has 4 nitrogen and oxygen atoms in total. The molecule has 0 aromatic heterocycles. The van der Waals surface area contributed by atoms with Crippen LogP contribution in [-0.2, 0) is 14.3 Å². The molecular formula is C16H20FNO3. The van der Waals surface area contributed by atoms with Crippen LogP contribution in [0.4, 0.5) is 4.39 Å². The van der Waals surface area contributed by atoms with Crippen LogP contribution in [0.5, 0.6) is 0 Å². The zero-order chi connectivity index (χ0) is 15.6. The van der Waals surface area contributed by atoms with Gasteiger partial charge in [-0.1, -0.05) is 12.1 Å². The number of rotatable bonds is 5. The van der Waals surface area contributed by atoms with Gasteiger partial charge in [0.25, 0.3) is 0 Å². The van der Waals surface area contributed by atoms with Gasteiger partial charge < -0.3 is 10.1 Å². The van der Waals surface area contributed by atoms with Gasteiger partial charge in [0.1, 0.15) is 5.82 Å². The Bertz CT molecular complexity index is 539. The lowest BCUT2D eigenvalue weighted by atomic mass is 9.93. The standard InChI is InChI=1S/C16H20FNO3/c1-16(2,15(20)21-3)9-18-14(19)13-8-12(13)10-4-6-11(17)7-5-10/h4-7,12-13H,8-9H2,1-3H3,(H,18,19)/t12-,13+/m1/s1. The van der Waals surface area contributed by atoms with Gasteiger partial charge in [-0.15, -0.1) is 0 Å². The van der Waals surface area contributed by atoms with Gasteiger partial charge in [-0.3, -0.25) is 9.59 Å². The molecule has 0 heterocycles. The summed E-state index contributed by atoms with van der Waals surface area (Å²) >= 11 is 0. The first kappa shape index (κ1) is 15.5. The van der Waals surface area contributed by atoms with Crippen molar-refractivity contribution in [2.45, 2.75) is 26.2 Å². The smallest absolute Gasteiger partial charge is 0.313 e. The molecular weight excluding hydrogens is 273 g/mol. The Balaban J connectivity index is 1.86. The molecule has 1 N–H and O–H groups in total. The normalized spacial score (nSPS) is 20.8. The van der Waals surface area contributed by atoms with Crippen LogP contribution in [0.25, 0.3) is 0 Å². The van der Waals surface area contributed by atoms with Crippen molar-refractivity contribution in [3.05, 3.63) is 35.6 Å². The first-order valence-corrected chi connectivity index (χ1v) is 6.97. The molecule has 5 heteroatoms. The van der Waals surface area contributed by atoms with Crippen molar-refractivity contribution >= 4 is 11.9 Å². The highest BCUT2D eigenvalue weighted by molar-refractivity contribution is 5.84. The Morgan fingerprint density at radius 1 is 1.33 bits per heavy atom. The van der Waals surface area contributed by atoms with Crippen molar-refractivity contribution in [3.8, 4) is 0 Å². The lowest BCUT2D eigenvalue weighted by molar-refractivity contribution is -0.150. The summed E-state index contributed by atoms with van der Waals surface area (Å²) in [5.74, 6) is -0.647. The van der Waals surface area contributed by atoms with E-state index in [2.05, 4.69) is 5.32 Å². The first-order valence-electron chi connectivity index (χ1n) is 6.97. The van der Waals surface area contributed by atoms with E-state index in [1.54, 1.807) is 26.0 Å². The van der Waals surface area contributed by atoms with Crippen LogP contribution in [-0.4, -0.2) is 25.5 Å². The summed E-state index contributed by atoms with van der Waals surface area (Å²) in [5, 5.41) is 2.80. The van der Waals surface area contributed by atoms with E-state index < -0.39 is 5.41 Å². The van der Waals surface area contributed by atoms with E-state index in [1.807, 2.05) is 0 Å². The lowest BCUT2D eigenvalue weighted by Crippen LogP contribution is -2.40. The van der Waals surface area contributed by atoms with Gasteiger partial charge in [-0.25, -0.2) is 4.39 Å². The van der Waals surface area contributed by atoms with Crippen molar-refractivity contribution < 1.29 is 18.7 Å². The van der Waals surface area contributed by atoms with Crippen LogP contribution >= 0.6 is 0 Å². The number of benzene rings is 1. The summed E-state index contributed by atoms with van der Waals surface area (Å²) in [7, 11) is 1.33. The topological polar surface area (TPSA) is 55.4 Å². The molecule has 0 saturated heterocycles. The number of amides is 1. The number of nitrogens with one attached hydrogen (secondary N) is 1. The van der Waals surface area contributed by atoms with Crippen LogP contribution < -0.4 is 5.32 Å². The van der Waals surface area contributed by atoms with Crippen molar-refractivity contribution in [2.75, 3.05) is 13.7 Å². The minimum absolute atomic E-state index is 0.0682. The Kier molecular flexibility index (Phi) is 4.30. The van der Waals surface area contributed by atoms with Gasteiger partial charge in [0, 0.05) is 12.5 Å². The van der Waals surface area contributed by atoms with E-state index in [0.717, 1.165) is 12.0 Å². The molecule has 21 heavy (non-hydrogen) atoms. The zero-order valence-electron chi connectivity index (χ0n) is 12.5. The second kappa shape index (κ2) is 5.84. The summed E-state index contributed by atoms with van der Waals surface area (Å²) in [6, 6.07) is 6.24. The Hall–Kier alpha value is -1.91. The van der Waals surface area contributed by atoms with Crippen molar-refractivity contribution in [2.24, 2.45) is 11.3 Å². The van der Waals surface area contributed by atoms with Crippen LogP contribution in [0.3, 0.4) is 0 Å². The van der Waals surface area contributed by atoms with E-state index in [0.29, 0.717) is 0 Å². The molecule has 0 bridgehead atoms. The number of carbonyl (C=O) groups is 2. The zero-order valence-corrected chi connectivity index (χ0v) is 12.5. The van der Waals surface area contributed by atoms with Gasteiger partial charge in [0.15, 0.2) is 0 Å². The average Bonchev–Trinajstić information content (AvgIpc) is 3.25. The summed E-state index contributed by atoms with van der Waals surface area (Å²) in [6.07, 6.45) is 0.760. The fourth-order valence-electron chi connectivity index (χ4n) is 2.35. The molecule has 114 valence electrons. The molecule has 0 radical (unpaired) electrons. The maximum absolute atomic E-state index is 12.9. The molecule has 1 aromatic rings. The Labute approximate surface area is 123 Å². The summed E-state index contributed by atoms with van der Waals surface area (Å²) in [4.78, 5) is 23.6. The average molecular weight is 293 g/mol. The summed E-state index contributed by atoms with van der Waals surface area (Å²) < 4.78 is 17.6. The van der Waals surface area contributed by atoms with Gasteiger partial charge >= 0.3 is 5.97 Å². The highest BCUT2D eigenvalue weighted by Crippen LogP contribution is 2.47. The van der Waals surface area contributed by atoms with Crippen LogP contribution in [0.2, 0.25) is 0 Å². The minimum atomic E-state index is -0.745. The largest absolute Gasteiger partial charge is 0.469 e. The van der Waals surface area contributed by atoms with Gasteiger partial charge in [-0.2, -0.15) is 0 Å². The van der Waals surface area contributed by atoms with Gasteiger partial charge in [-0.05, 0) is 43.9 Å². The van der Waals surface area contributed by atoms with Crippen molar-refractivity contribution in [1.29, 1.82) is 0 Å². The molecule has 0 aliphatic heterocycles. The predicted octanol–water partition coefficient (Wildman–Crippen LogP) is 2.24. The third kappa shape index (κ3) is 3.60. The third-order valence-electron chi connectivity index (χ3n) is 3.87. The Morgan fingerprint density at radius 2 is 1.95 bits per heavy atom. The maximum Gasteiger partial charge on any atom is 0.313 e. The number of ether oxygens (including phenoxy) is 1. The second-order valence-corrected chi connectivity index (χ2v) is 6.09. The molecule has 0 unspecified atom stereocenters. The molecule has 1 aromatic carbocycles. The van der Waals surface area contributed by atoms with Crippen molar-refractivity contribution in [3.63, 3.8) is 0 Å². The molecule has 1 aliphatic carbocycles. The molecule has 0 spiro atoms. The summed E-state index contributed by atoms with van der Waals surface area (Å²) in [5.41, 5.74) is 0.230. The number of methoxy groups -OCH3 is 1. The second-order valence-electron chi connectivity index (χ2n) is 6.09.